The molecule has 0 unspecified atom stereocenters. The number of hydrogen-bond donors (Lipinski definition) is 0. The van der Waals surface area contributed by atoms with Crippen LogP contribution in [0.4, 0.5) is 0 Å². The molecule has 0 aromatic heterocycles. The highest BCUT2D eigenvalue weighted by Gasteiger charge is 2.24. The predicted molar refractivity (Wildman–Crippen MR) is 78.8 cm³/mol. The second-order valence-electron chi connectivity index (χ2n) is 4.41. The van der Waals surface area contributed by atoms with Gasteiger partial charge in [-0.15, -0.1) is 0 Å². The Morgan fingerprint density at radius 3 is 2.30 bits per heavy atom. The molecule has 1 rings (SSSR count). The van der Waals surface area contributed by atoms with E-state index in [4.69, 9.17) is 9.47 Å². The number of methoxy groups -OCH3 is 2. The summed E-state index contributed by atoms with van der Waals surface area (Å²) in [4.78, 5) is 0.179. The number of rotatable bonds is 7. The third kappa shape index (κ3) is 3.52. The van der Waals surface area contributed by atoms with Crippen molar-refractivity contribution in [2.45, 2.75) is 18.7 Å². The van der Waals surface area contributed by atoms with E-state index in [2.05, 4.69) is 6.58 Å². The number of sulfonamides is 1. The Balaban J connectivity index is 3.23. The van der Waals surface area contributed by atoms with Crippen LogP contribution in [0.1, 0.15) is 13.8 Å². The van der Waals surface area contributed by atoms with E-state index in [-0.39, 0.29) is 4.90 Å². The lowest BCUT2D eigenvalue weighted by molar-refractivity contribution is 0.353. The first kappa shape index (κ1) is 16.5. The van der Waals surface area contributed by atoms with Crippen LogP contribution in [0.15, 0.2) is 35.2 Å². The first-order valence-electron chi connectivity index (χ1n) is 6.23. The summed E-state index contributed by atoms with van der Waals surface area (Å²) in [5.41, 5.74) is 0.788. The number of hydrogen-bond acceptors (Lipinski definition) is 4. The fourth-order valence-electron chi connectivity index (χ4n) is 1.79. The molecule has 0 amide bonds. The molecular formula is C14H21NO4S. The van der Waals surface area contributed by atoms with E-state index in [1.807, 2.05) is 0 Å². The summed E-state index contributed by atoms with van der Waals surface area (Å²) in [6, 6.07) is 4.56. The second-order valence-corrected chi connectivity index (χ2v) is 6.34. The van der Waals surface area contributed by atoms with Gasteiger partial charge in [0.05, 0.1) is 19.1 Å². The van der Waals surface area contributed by atoms with Gasteiger partial charge < -0.3 is 9.47 Å². The summed E-state index contributed by atoms with van der Waals surface area (Å²) >= 11 is 0. The topological polar surface area (TPSA) is 55.8 Å². The Kier molecular flexibility index (Phi) is 5.59. The molecule has 0 saturated carbocycles. The van der Waals surface area contributed by atoms with Gasteiger partial charge in [0.15, 0.2) is 11.5 Å². The minimum atomic E-state index is -3.57. The zero-order valence-electron chi connectivity index (χ0n) is 12.3. The zero-order chi connectivity index (χ0) is 15.3. The Bertz CT molecular complexity index is 581. The third-order valence-electron chi connectivity index (χ3n) is 2.79. The minimum Gasteiger partial charge on any atom is -0.493 e. The molecule has 0 spiro atoms. The molecule has 0 aliphatic carbocycles. The second kappa shape index (κ2) is 6.76. The van der Waals surface area contributed by atoms with Crippen LogP contribution in [0.2, 0.25) is 0 Å². The van der Waals surface area contributed by atoms with Crippen LogP contribution in [0, 0.1) is 0 Å². The summed E-state index contributed by atoms with van der Waals surface area (Å²) < 4.78 is 36.7. The van der Waals surface area contributed by atoms with Crippen molar-refractivity contribution in [3.63, 3.8) is 0 Å². The molecule has 5 nitrogen and oxygen atoms in total. The van der Waals surface area contributed by atoms with Crippen molar-refractivity contribution in [1.29, 1.82) is 0 Å². The summed E-state index contributed by atoms with van der Waals surface area (Å²) in [5, 5.41) is 0. The number of benzene rings is 1. The quantitative estimate of drug-likeness (QED) is 0.725. The van der Waals surface area contributed by atoms with Crippen LogP contribution < -0.4 is 9.47 Å². The molecular weight excluding hydrogens is 278 g/mol. The molecule has 0 fully saturated rings. The maximum atomic E-state index is 12.6. The van der Waals surface area contributed by atoms with E-state index in [9.17, 15) is 8.42 Å². The van der Waals surface area contributed by atoms with E-state index < -0.39 is 10.0 Å². The normalized spacial score (nSPS) is 11.4. The first-order valence-corrected chi connectivity index (χ1v) is 7.67. The Morgan fingerprint density at radius 1 is 1.25 bits per heavy atom. The molecule has 1 aromatic rings. The monoisotopic (exact) mass is 299 g/mol. The molecule has 0 saturated heterocycles. The van der Waals surface area contributed by atoms with Crippen LogP contribution in [0.5, 0.6) is 11.5 Å². The van der Waals surface area contributed by atoms with Gasteiger partial charge >= 0.3 is 0 Å². The maximum absolute atomic E-state index is 12.6. The molecule has 1 aromatic carbocycles. The van der Waals surface area contributed by atoms with Gasteiger partial charge in [0.2, 0.25) is 10.0 Å². The van der Waals surface area contributed by atoms with Gasteiger partial charge in [-0.05, 0) is 19.1 Å². The van der Waals surface area contributed by atoms with Gasteiger partial charge in [-0.25, -0.2) is 8.42 Å². The average molecular weight is 299 g/mol. The highest BCUT2D eigenvalue weighted by molar-refractivity contribution is 7.89. The first-order chi connectivity index (χ1) is 9.36. The molecule has 0 aliphatic rings. The SMILES string of the molecule is C=C(C)CN(CC)S(=O)(=O)c1ccc(OC)c(OC)c1. The molecule has 0 heterocycles. The van der Waals surface area contributed by atoms with E-state index in [1.165, 1.54) is 30.7 Å². The van der Waals surface area contributed by atoms with Crippen LogP contribution in [0.3, 0.4) is 0 Å². The van der Waals surface area contributed by atoms with E-state index >= 15 is 0 Å². The van der Waals surface area contributed by atoms with Crippen molar-refractivity contribution in [2.75, 3.05) is 27.3 Å². The van der Waals surface area contributed by atoms with Gasteiger partial charge in [0.25, 0.3) is 0 Å². The highest BCUT2D eigenvalue weighted by Crippen LogP contribution is 2.30. The number of ether oxygens (including phenoxy) is 2. The van der Waals surface area contributed by atoms with E-state index in [0.717, 1.165) is 5.57 Å². The molecule has 0 aliphatic heterocycles. The Hall–Kier alpha value is -1.53. The van der Waals surface area contributed by atoms with Crippen molar-refractivity contribution in [1.82, 2.24) is 4.31 Å². The highest BCUT2D eigenvalue weighted by atomic mass is 32.2. The fraction of sp³-hybridized carbons (Fsp3) is 0.429. The minimum absolute atomic E-state index is 0.179. The summed E-state index contributed by atoms with van der Waals surface area (Å²) in [6.45, 7) is 8.03. The van der Waals surface area contributed by atoms with Crippen LogP contribution in [0.25, 0.3) is 0 Å². The lowest BCUT2D eigenvalue weighted by atomic mass is 10.3. The van der Waals surface area contributed by atoms with Crippen molar-refractivity contribution in [2.24, 2.45) is 0 Å². The van der Waals surface area contributed by atoms with Gasteiger partial charge in [-0.3, -0.25) is 0 Å². The largest absolute Gasteiger partial charge is 0.493 e. The smallest absolute Gasteiger partial charge is 0.243 e. The van der Waals surface area contributed by atoms with Crippen molar-refractivity contribution < 1.29 is 17.9 Å². The molecule has 0 radical (unpaired) electrons. The van der Waals surface area contributed by atoms with Crippen molar-refractivity contribution in [3.05, 3.63) is 30.4 Å². The van der Waals surface area contributed by atoms with Gasteiger partial charge in [-0.1, -0.05) is 19.1 Å². The standard InChI is InChI=1S/C14H21NO4S/c1-6-15(10-11(2)3)20(16,17)12-7-8-13(18-4)14(9-12)19-5/h7-9H,2,6,10H2,1,3-5H3. The molecule has 20 heavy (non-hydrogen) atoms. The van der Waals surface area contributed by atoms with Crippen LogP contribution >= 0.6 is 0 Å². The maximum Gasteiger partial charge on any atom is 0.243 e. The third-order valence-corrected chi connectivity index (χ3v) is 4.71. The number of nitrogens with zero attached hydrogens (tertiary/aromatic N) is 1. The molecule has 112 valence electrons. The van der Waals surface area contributed by atoms with Gasteiger partial charge in [0.1, 0.15) is 0 Å². The molecule has 0 atom stereocenters. The number of likely N-dealkylation sites (N-methyl/N-ethyl adjacent to an activating group) is 1. The van der Waals surface area contributed by atoms with E-state index in [0.29, 0.717) is 24.6 Å². The van der Waals surface area contributed by atoms with Crippen molar-refractivity contribution >= 4 is 10.0 Å². The van der Waals surface area contributed by atoms with Crippen LogP contribution in [-0.4, -0.2) is 40.0 Å². The van der Waals surface area contributed by atoms with Crippen LogP contribution in [-0.2, 0) is 10.0 Å². The lowest BCUT2D eigenvalue weighted by Crippen LogP contribution is -2.32. The lowest BCUT2D eigenvalue weighted by Gasteiger charge is -2.21. The molecule has 0 N–H and O–H groups in total. The van der Waals surface area contributed by atoms with Gasteiger partial charge in [-0.2, -0.15) is 4.31 Å². The summed E-state index contributed by atoms with van der Waals surface area (Å²) in [6.07, 6.45) is 0. The summed E-state index contributed by atoms with van der Waals surface area (Å²) in [7, 11) is -0.589. The molecule has 6 heteroatoms. The van der Waals surface area contributed by atoms with Crippen molar-refractivity contribution in [3.8, 4) is 11.5 Å². The average Bonchev–Trinajstić information content (AvgIpc) is 2.43. The Morgan fingerprint density at radius 2 is 1.85 bits per heavy atom. The fourth-order valence-corrected chi connectivity index (χ4v) is 3.32. The molecule has 0 bridgehead atoms. The van der Waals surface area contributed by atoms with E-state index in [1.54, 1.807) is 19.9 Å². The zero-order valence-corrected chi connectivity index (χ0v) is 13.2. The van der Waals surface area contributed by atoms with Gasteiger partial charge in [0, 0.05) is 19.2 Å². The predicted octanol–water partition coefficient (Wildman–Crippen LogP) is 2.29. The Labute approximate surface area is 120 Å². The summed E-state index contributed by atoms with van der Waals surface area (Å²) in [5.74, 6) is 0.884.